The number of carbonyl (C=O) groups excluding carboxylic acids is 1. The fourth-order valence-corrected chi connectivity index (χ4v) is 3.40. The molecule has 0 aromatic heterocycles. The lowest BCUT2D eigenvalue weighted by Gasteiger charge is -2.24. The van der Waals surface area contributed by atoms with Gasteiger partial charge in [-0.15, -0.1) is 0 Å². The van der Waals surface area contributed by atoms with Crippen molar-refractivity contribution in [3.05, 3.63) is 34.3 Å². The van der Waals surface area contributed by atoms with Gasteiger partial charge in [-0.25, -0.2) is 0 Å². The molecule has 0 saturated carbocycles. The van der Waals surface area contributed by atoms with Crippen LogP contribution < -0.4 is 5.32 Å². The summed E-state index contributed by atoms with van der Waals surface area (Å²) in [6.07, 6.45) is 2.44. The third kappa shape index (κ3) is 2.37. The highest BCUT2D eigenvalue weighted by atomic mass is 35.5. The summed E-state index contributed by atoms with van der Waals surface area (Å²) in [7, 11) is 0. The molecule has 1 N–H and O–H groups in total. The summed E-state index contributed by atoms with van der Waals surface area (Å²) in [6, 6.07) is 6.13. The number of rotatable bonds is 1. The summed E-state index contributed by atoms with van der Waals surface area (Å²) < 4.78 is 0. The highest BCUT2D eigenvalue weighted by Crippen LogP contribution is 2.28. The van der Waals surface area contributed by atoms with Gasteiger partial charge in [0.15, 0.2) is 0 Å². The number of hydrogen-bond acceptors (Lipinski definition) is 2. The Kier molecular flexibility index (Phi) is 3.50. The SMILES string of the molecule is Cc1cccc(C(=O)N2CC3CCCNC3C2)c1Cl. The van der Waals surface area contributed by atoms with Crippen molar-refractivity contribution in [1.82, 2.24) is 10.2 Å². The molecule has 3 nitrogen and oxygen atoms in total. The fraction of sp³-hybridized carbons (Fsp3) is 0.533. The first-order chi connectivity index (χ1) is 9.16. The number of fused-ring (bicyclic) bond motifs is 1. The third-order valence-corrected chi connectivity index (χ3v) is 4.81. The molecule has 2 unspecified atom stereocenters. The van der Waals surface area contributed by atoms with Crippen LogP contribution in [0.2, 0.25) is 5.02 Å². The van der Waals surface area contributed by atoms with Crippen LogP contribution in [0.3, 0.4) is 0 Å². The Morgan fingerprint density at radius 2 is 2.26 bits per heavy atom. The smallest absolute Gasteiger partial charge is 0.255 e. The quantitative estimate of drug-likeness (QED) is 0.856. The molecule has 1 aromatic carbocycles. The van der Waals surface area contributed by atoms with Gasteiger partial charge in [-0.1, -0.05) is 23.7 Å². The van der Waals surface area contributed by atoms with Gasteiger partial charge in [0.25, 0.3) is 5.91 Å². The highest BCUT2D eigenvalue weighted by molar-refractivity contribution is 6.34. The molecule has 102 valence electrons. The molecule has 1 aromatic rings. The number of amides is 1. The fourth-order valence-electron chi connectivity index (χ4n) is 3.20. The maximum atomic E-state index is 12.6. The minimum Gasteiger partial charge on any atom is -0.337 e. The van der Waals surface area contributed by atoms with Crippen LogP contribution in [-0.2, 0) is 0 Å². The van der Waals surface area contributed by atoms with E-state index in [1.165, 1.54) is 12.8 Å². The zero-order chi connectivity index (χ0) is 13.4. The number of piperidine rings is 1. The maximum Gasteiger partial charge on any atom is 0.255 e. The first-order valence-electron chi connectivity index (χ1n) is 6.94. The van der Waals surface area contributed by atoms with E-state index in [2.05, 4.69) is 5.32 Å². The Bertz CT molecular complexity index is 489. The van der Waals surface area contributed by atoms with Crippen molar-refractivity contribution in [3.63, 3.8) is 0 Å². The van der Waals surface area contributed by atoms with Crippen LogP contribution in [0.15, 0.2) is 18.2 Å². The Morgan fingerprint density at radius 1 is 1.42 bits per heavy atom. The number of aryl methyl sites for hydroxylation is 1. The number of benzene rings is 1. The number of carbonyl (C=O) groups is 1. The molecule has 3 rings (SSSR count). The Balaban J connectivity index is 1.79. The molecule has 4 heteroatoms. The van der Waals surface area contributed by atoms with Crippen molar-refractivity contribution in [2.75, 3.05) is 19.6 Å². The molecular formula is C15H19ClN2O. The molecule has 0 spiro atoms. The van der Waals surface area contributed by atoms with Crippen LogP contribution in [0.4, 0.5) is 0 Å². The van der Waals surface area contributed by atoms with Gasteiger partial charge in [0.05, 0.1) is 10.6 Å². The number of likely N-dealkylation sites (tertiary alicyclic amines) is 1. The van der Waals surface area contributed by atoms with Crippen molar-refractivity contribution in [1.29, 1.82) is 0 Å². The summed E-state index contributed by atoms with van der Waals surface area (Å²) in [4.78, 5) is 14.5. The van der Waals surface area contributed by atoms with Gasteiger partial charge in [-0.3, -0.25) is 4.79 Å². The lowest BCUT2D eigenvalue weighted by atomic mass is 9.94. The monoisotopic (exact) mass is 278 g/mol. The van der Waals surface area contributed by atoms with Crippen molar-refractivity contribution >= 4 is 17.5 Å². The molecule has 2 saturated heterocycles. The van der Waals surface area contributed by atoms with E-state index in [4.69, 9.17) is 11.6 Å². The number of halogens is 1. The van der Waals surface area contributed by atoms with E-state index in [0.29, 0.717) is 22.5 Å². The van der Waals surface area contributed by atoms with E-state index >= 15 is 0 Å². The largest absolute Gasteiger partial charge is 0.337 e. The first-order valence-corrected chi connectivity index (χ1v) is 7.32. The van der Waals surface area contributed by atoms with Crippen LogP contribution >= 0.6 is 11.6 Å². The van der Waals surface area contributed by atoms with Crippen molar-refractivity contribution in [2.24, 2.45) is 5.92 Å². The molecule has 2 atom stereocenters. The average Bonchev–Trinajstić information content (AvgIpc) is 2.85. The second kappa shape index (κ2) is 5.14. The molecule has 19 heavy (non-hydrogen) atoms. The molecule has 0 aliphatic carbocycles. The van der Waals surface area contributed by atoms with E-state index in [1.807, 2.05) is 30.0 Å². The highest BCUT2D eigenvalue weighted by Gasteiger charge is 2.37. The maximum absolute atomic E-state index is 12.6. The molecule has 2 fully saturated rings. The van der Waals surface area contributed by atoms with Gasteiger partial charge in [0, 0.05) is 19.1 Å². The van der Waals surface area contributed by atoms with Crippen LogP contribution in [0, 0.1) is 12.8 Å². The summed E-state index contributed by atoms with van der Waals surface area (Å²) in [5.41, 5.74) is 1.60. The van der Waals surface area contributed by atoms with Crippen molar-refractivity contribution in [3.8, 4) is 0 Å². The van der Waals surface area contributed by atoms with Gasteiger partial charge in [-0.2, -0.15) is 0 Å². The molecule has 0 bridgehead atoms. The van der Waals surface area contributed by atoms with Crippen LogP contribution in [-0.4, -0.2) is 36.5 Å². The Labute approximate surface area is 118 Å². The molecule has 0 radical (unpaired) electrons. The van der Waals surface area contributed by atoms with Gasteiger partial charge in [0.1, 0.15) is 0 Å². The molecule has 2 aliphatic heterocycles. The van der Waals surface area contributed by atoms with E-state index in [0.717, 1.165) is 25.2 Å². The normalized spacial score (nSPS) is 26.3. The van der Waals surface area contributed by atoms with Crippen molar-refractivity contribution in [2.45, 2.75) is 25.8 Å². The minimum atomic E-state index is 0.0740. The second-order valence-electron chi connectivity index (χ2n) is 5.61. The van der Waals surface area contributed by atoms with Gasteiger partial charge in [0.2, 0.25) is 0 Å². The lowest BCUT2D eigenvalue weighted by molar-refractivity contribution is 0.0785. The first kappa shape index (κ1) is 12.9. The summed E-state index contributed by atoms with van der Waals surface area (Å²) in [5, 5.41) is 4.11. The number of nitrogens with zero attached hydrogens (tertiary/aromatic N) is 1. The predicted molar refractivity (Wildman–Crippen MR) is 76.6 cm³/mol. The molecule has 2 aliphatic rings. The topological polar surface area (TPSA) is 32.3 Å². The molecule has 2 heterocycles. The summed E-state index contributed by atoms with van der Waals surface area (Å²) in [6.45, 7) is 4.69. The molecule has 1 amide bonds. The predicted octanol–water partition coefficient (Wildman–Crippen LogP) is 2.47. The number of hydrogen-bond donors (Lipinski definition) is 1. The molecular weight excluding hydrogens is 260 g/mol. The minimum absolute atomic E-state index is 0.0740. The zero-order valence-corrected chi connectivity index (χ0v) is 11.9. The van der Waals surface area contributed by atoms with Crippen LogP contribution in [0.25, 0.3) is 0 Å². The van der Waals surface area contributed by atoms with Crippen molar-refractivity contribution < 1.29 is 4.79 Å². The van der Waals surface area contributed by atoms with E-state index in [-0.39, 0.29) is 5.91 Å². The third-order valence-electron chi connectivity index (χ3n) is 4.31. The standard InChI is InChI=1S/C15H19ClN2O/c1-10-4-2-6-12(14(10)16)15(19)18-8-11-5-3-7-17-13(11)9-18/h2,4,6,11,13,17H,3,5,7-9H2,1H3. The summed E-state index contributed by atoms with van der Waals surface area (Å²) >= 11 is 6.26. The van der Waals surface area contributed by atoms with Gasteiger partial charge in [-0.05, 0) is 43.9 Å². The van der Waals surface area contributed by atoms with Crippen LogP contribution in [0.5, 0.6) is 0 Å². The van der Waals surface area contributed by atoms with Crippen LogP contribution in [0.1, 0.15) is 28.8 Å². The zero-order valence-electron chi connectivity index (χ0n) is 11.2. The Hall–Kier alpha value is -1.06. The van der Waals surface area contributed by atoms with Gasteiger partial charge >= 0.3 is 0 Å². The van der Waals surface area contributed by atoms with E-state index < -0.39 is 0 Å². The summed E-state index contributed by atoms with van der Waals surface area (Å²) in [5.74, 6) is 0.686. The Morgan fingerprint density at radius 3 is 3.05 bits per heavy atom. The van der Waals surface area contributed by atoms with E-state index in [9.17, 15) is 4.79 Å². The average molecular weight is 279 g/mol. The lowest BCUT2D eigenvalue weighted by Crippen LogP contribution is -2.41. The number of nitrogens with one attached hydrogen (secondary N) is 1. The van der Waals surface area contributed by atoms with Gasteiger partial charge < -0.3 is 10.2 Å². The van der Waals surface area contributed by atoms with E-state index in [1.54, 1.807) is 0 Å². The second-order valence-corrected chi connectivity index (χ2v) is 5.99.